The maximum absolute atomic E-state index is 12.5. The van der Waals surface area contributed by atoms with Crippen molar-refractivity contribution in [2.24, 2.45) is 17.8 Å². The molecule has 31 heavy (non-hydrogen) atoms. The Morgan fingerprint density at radius 2 is 1.87 bits per heavy atom. The topological polar surface area (TPSA) is 88.1 Å². The molecule has 1 heterocycles. The molecule has 0 spiro atoms. The van der Waals surface area contributed by atoms with Crippen LogP contribution in [0.5, 0.6) is 0 Å². The highest BCUT2D eigenvalue weighted by Crippen LogP contribution is 2.31. The molecule has 0 aromatic rings. The van der Waals surface area contributed by atoms with E-state index in [1.165, 1.54) is 13.2 Å². The molecule has 0 radical (unpaired) electrons. The summed E-state index contributed by atoms with van der Waals surface area (Å²) >= 11 is 0. The van der Waals surface area contributed by atoms with Crippen LogP contribution in [-0.2, 0) is 33.3 Å². The molecule has 0 unspecified atom stereocenters. The first-order valence-corrected chi connectivity index (χ1v) is 11.1. The van der Waals surface area contributed by atoms with E-state index in [2.05, 4.69) is 17.7 Å². The monoisotopic (exact) mass is 438 g/mol. The van der Waals surface area contributed by atoms with Gasteiger partial charge in [0.2, 0.25) is 0 Å². The number of hydrogen-bond acceptors (Lipinski definition) is 7. The van der Waals surface area contributed by atoms with Crippen molar-refractivity contribution in [3.8, 4) is 0 Å². The summed E-state index contributed by atoms with van der Waals surface area (Å²) in [5, 5.41) is 0. The number of carbonyl (C=O) groups excluding carboxylic acids is 3. The standard InChI is InChI=1S/C24H38O7/c1-7-9-10-16(3)24(29-6)17(4)19(30-23(27)14-13-21(25)28-5)15-20-18(8-2)11-12-22(26)31-20/h7,9,11-12,16-20,24H,8,10,13-15H2,1-6H3/b9-7+/t16-,17-,18+,19+,20+,24+/m0/s1. The molecular formula is C24H38O7. The zero-order valence-corrected chi connectivity index (χ0v) is 19.7. The van der Waals surface area contributed by atoms with E-state index in [0.717, 1.165) is 12.8 Å². The summed E-state index contributed by atoms with van der Waals surface area (Å²) in [6.45, 7) is 8.08. The van der Waals surface area contributed by atoms with Gasteiger partial charge in [0, 0.05) is 31.4 Å². The summed E-state index contributed by atoms with van der Waals surface area (Å²) < 4.78 is 21.8. The van der Waals surface area contributed by atoms with Crippen molar-refractivity contribution in [1.82, 2.24) is 0 Å². The highest BCUT2D eigenvalue weighted by Gasteiger charge is 2.37. The van der Waals surface area contributed by atoms with E-state index in [-0.39, 0.29) is 48.8 Å². The first kappa shape index (κ1) is 26.9. The number of cyclic esters (lactones) is 1. The van der Waals surface area contributed by atoms with Gasteiger partial charge in [-0.15, -0.1) is 0 Å². The predicted octanol–water partition coefficient (Wildman–Crippen LogP) is 4.00. The van der Waals surface area contributed by atoms with Gasteiger partial charge in [-0.2, -0.15) is 0 Å². The minimum Gasteiger partial charge on any atom is -0.469 e. The third-order valence-corrected chi connectivity index (χ3v) is 5.89. The van der Waals surface area contributed by atoms with E-state index < -0.39 is 18.0 Å². The fraction of sp³-hybridized carbons (Fsp3) is 0.708. The molecule has 0 aromatic heterocycles. The van der Waals surface area contributed by atoms with E-state index >= 15 is 0 Å². The normalized spacial score (nSPS) is 22.5. The summed E-state index contributed by atoms with van der Waals surface area (Å²) in [7, 11) is 2.94. The summed E-state index contributed by atoms with van der Waals surface area (Å²) in [5.74, 6) is -1.22. The van der Waals surface area contributed by atoms with Crippen LogP contribution in [0.4, 0.5) is 0 Å². The molecule has 0 aromatic carbocycles. The van der Waals surface area contributed by atoms with Gasteiger partial charge < -0.3 is 18.9 Å². The number of esters is 3. The molecule has 1 aliphatic rings. The fourth-order valence-corrected chi connectivity index (χ4v) is 4.02. The van der Waals surface area contributed by atoms with Crippen LogP contribution in [0.2, 0.25) is 0 Å². The Kier molecular flexibility index (Phi) is 12.2. The number of ether oxygens (including phenoxy) is 4. The molecule has 1 aliphatic heterocycles. The summed E-state index contributed by atoms with van der Waals surface area (Å²) in [6, 6.07) is 0. The maximum atomic E-state index is 12.5. The minimum absolute atomic E-state index is 0.0411. The molecule has 7 heteroatoms. The Labute approximate surface area is 186 Å². The van der Waals surface area contributed by atoms with Crippen molar-refractivity contribution in [2.75, 3.05) is 14.2 Å². The first-order chi connectivity index (χ1) is 14.8. The van der Waals surface area contributed by atoms with Crippen molar-refractivity contribution in [2.45, 2.75) is 78.1 Å². The molecule has 0 fully saturated rings. The molecule has 0 saturated heterocycles. The molecule has 6 atom stereocenters. The van der Waals surface area contributed by atoms with Crippen molar-refractivity contribution >= 4 is 17.9 Å². The van der Waals surface area contributed by atoms with Gasteiger partial charge in [-0.1, -0.05) is 39.0 Å². The third-order valence-electron chi connectivity index (χ3n) is 5.89. The molecule has 0 bridgehead atoms. The van der Waals surface area contributed by atoms with E-state index in [1.54, 1.807) is 7.11 Å². The average molecular weight is 439 g/mol. The lowest BCUT2D eigenvalue weighted by atomic mass is 9.83. The number of rotatable bonds is 13. The Balaban J connectivity index is 3.01. The minimum atomic E-state index is -0.526. The molecule has 7 nitrogen and oxygen atoms in total. The van der Waals surface area contributed by atoms with Crippen LogP contribution in [0.25, 0.3) is 0 Å². The zero-order valence-electron chi connectivity index (χ0n) is 19.7. The Morgan fingerprint density at radius 1 is 1.19 bits per heavy atom. The SMILES string of the molecule is C/C=C/C[C@H](C)[C@@H](OC)[C@@H](C)[C@@H](C[C@H]1OC(=O)C=C[C@H]1CC)OC(=O)CCC(=O)OC. The van der Waals surface area contributed by atoms with Gasteiger partial charge in [0.1, 0.15) is 12.2 Å². The zero-order chi connectivity index (χ0) is 23.4. The van der Waals surface area contributed by atoms with Gasteiger partial charge in [-0.25, -0.2) is 4.79 Å². The Bertz CT molecular complexity index is 640. The molecule has 0 aliphatic carbocycles. The van der Waals surface area contributed by atoms with Crippen LogP contribution in [-0.4, -0.2) is 50.4 Å². The summed E-state index contributed by atoms with van der Waals surface area (Å²) in [6.07, 6.45) is 8.22. The van der Waals surface area contributed by atoms with Crippen LogP contribution >= 0.6 is 0 Å². The van der Waals surface area contributed by atoms with E-state index in [4.69, 9.17) is 14.2 Å². The van der Waals surface area contributed by atoms with Gasteiger partial charge in [0.05, 0.1) is 26.1 Å². The highest BCUT2D eigenvalue weighted by atomic mass is 16.6. The van der Waals surface area contributed by atoms with E-state index in [0.29, 0.717) is 6.42 Å². The van der Waals surface area contributed by atoms with Crippen LogP contribution in [0.3, 0.4) is 0 Å². The van der Waals surface area contributed by atoms with Gasteiger partial charge in [-0.3, -0.25) is 9.59 Å². The van der Waals surface area contributed by atoms with Crippen molar-refractivity contribution in [1.29, 1.82) is 0 Å². The number of allylic oxidation sites excluding steroid dienone is 2. The van der Waals surface area contributed by atoms with Crippen LogP contribution in [0, 0.1) is 17.8 Å². The summed E-state index contributed by atoms with van der Waals surface area (Å²) in [4.78, 5) is 35.7. The van der Waals surface area contributed by atoms with Crippen LogP contribution < -0.4 is 0 Å². The van der Waals surface area contributed by atoms with E-state index in [9.17, 15) is 14.4 Å². The molecule has 0 N–H and O–H groups in total. The van der Waals surface area contributed by atoms with Gasteiger partial charge >= 0.3 is 17.9 Å². The van der Waals surface area contributed by atoms with Gasteiger partial charge in [0.25, 0.3) is 0 Å². The molecule has 176 valence electrons. The van der Waals surface area contributed by atoms with Crippen LogP contribution in [0.1, 0.15) is 59.8 Å². The summed E-state index contributed by atoms with van der Waals surface area (Å²) in [5.41, 5.74) is 0. The van der Waals surface area contributed by atoms with Crippen LogP contribution in [0.15, 0.2) is 24.3 Å². The lowest BCUT2D eigenvalue weighted by Gasteiger charge is -2.36. The lowest BCUT2D eigenvalue weighted by molar-refractivity contribution is -0.164. The second-order valence-electron chi connectivity index (χ2n) is 8.09. The molecule has 0 amide bonds. The lowest BCUT2D eigenvalue weighted by Crippen LogP contribution is -2.42. The predicted molar refractivity (Wildman–Crippen MR) is 117 cm³/mol. The Morgan fingerprint density at radius 3 is 2.45 bits per heavy atom. The number of methoxy groups -OCH3 is 2. The highest BCUT2D eigenvalue weighted by molar-refractivity contribution is 5.83. The molecular weight excluding hydrogens is 400 g/mol. The second kappa shape index (κ2) is 14.0. The van der Waals surface area contributed by atoms with Crippen molar-refractivity contribution in [3.05, 3.63) is 24.3 Å². The van der Waals surface area contributed by atoms with Gasteiger partial charge in [0.15, 0.2) is 0 Å². The fourth-order valence-electron chi connectivity index (χ4n) is 4.02. The third kappa shape index (κ3) is 8.85. The number of hydrogen-bond donors (Lipinski definition) is 0. The van der Waals surface area contributed by atoms with Gasteiger partial charge in [-0.05, 0) is 25.7 Å². The van der Waals surface area contributed by atoms with Crippen molar-refractivity contribution < 1.29 is 33.3 Å². The smallest absolute Gasteiger partial charge is 0.330 e. The van der Waals surface area contributed by atoms with E-state index in [1.807, 2.05) is 32.9 Å². The first-order valence-electron chi connectivity index (χ1n) is 11.1. The number of carbonyl (C=O) groups is 3. The quantitative estimate of drug-likeness (QED) is 0.244. The maximum Gasteiger partial charge on any atom is 0.330 e. The van der Waals surface area contributed by atoms with Crippen molar-refractivity contribution in [3.63, 3.8) is 0 Å². The Hall–Kier alpha value is -2.15. The largest absolute Gasteiger partial charge is 0.469 e. The molecule has 0 saturated carbocycles. The average Bonchev–Trinajstić information content (AvgIpc) is 2.76. The second-order valence-corrected chi connectivity index (χ2v) is 8.09. The molecule has 1 rings (SSSR count).